The van der Waals surface area contributed by atoms with E-state index in [0.717, 1.165) is 9.26 Å². The maximum atomic E-state index is 11.2. The second-order valence-corrected chi connectivity index (χ2v) is 4.15. The lowest BCUT2D eigenvalue weighted by Gasteiger charge is -2.01. The van der Waals surface area contributed by atoms with Gasteiger partial charge in [0.15, 0.2) is 5.69 Å². The third-order valence-electron chi connectivity index (χ3n) is 1.99. The maximum Gasteiger partial charge on any atom is 0.360 e. The van der Waals surface area contributed by atoms with E-state index in [1.807, 2.05) is 24.3 Å². The van der Waals surface area contributed by atoms with E-state index in [4.69, 9.17) is 0 Å². The summed E-state index contributed by atoms with van der Waals surface area (Å²) in [6.07, 6.45) is 1.54. The number of carbonyl (C=O) groups excluding carboxylic acids is 1. The van der Waals surface area contributed by atoms with Gasteiger partial charge in [0.05, 0.1) is 19.0 Å². The zero-order chi connectivity index (χ0) is 11.5. The number of hydrogen-bond acceptors (Lipinski definition) is 4. The fraction of sp³-hybridized carbons (Fsp3) is 0.100. The number of hydrogen-bond donors (Lipinski definition) is 0. The van der Waals surface area contributed by atoms with Crippen LogP contribution in [-0.4, -0.2) is 28.1 Å². The van der Waals surface area contributed by atoms with Crippen molar-refractivity contribution < 1.29 is 9.53 Å². The number of para-hydroxylation sites is 1. The van der Waals surface area contributed by atoms with Gasteiger partial charge in [-0.3, -0.25) is 0 Å². The number of aromatic nitrogens is 3. The molecule has 16 heavy (non-hydrogen) atoms. The molecule has 82 valence electrons. The Morgan fingerprint density at radius 2 is 2.19 bits per heavy atom. The van der Waals surface area contributed by atoms with Gasteiger partial charge in [-0.15, -0.1) is 5.10 Å². The first-order chi connectivity index (χ1) is 7.72. The summed E-state index contributed by atoms with van der Waals surface area (Å²) in [6, 6.07) is 7.69. The number of benzene rings is 1. The van der Waals surface area contributed by atoms with Gasteiger partial charge in [-0.2, -0.15) is 0 Å². The largest absolute Gasteiger partial charge is 0.464 e. The van der Waals surface area contributed by atoms with Crippen molar-refractivity contribution >= 4 is 28.6 Å². The van der Waals surface area contributed by atoms with Gasteiger partial charge in [0.2, 0.25) is 0 Å². The molecule has 0 fully saturated rings. The van der Waals surface area contributed by atoms with Gasteiger partial charge in [-0.05, 0) is 34.7 Å². The Hall–Kier alpha value is -1.44. The zero-order valence-corrected chi connectivity index (χ0v) is 10.6. The number of carbonyl (C=O) groups is 1. The van der Waals surface area contributed by atoms with E-state index in [-0.39, 0.29) is 5.69 Å². The van der Waals surface area contributed by atoms with Crippen LogP contribution in [0.1, 0.15) is 10.5 Å². The molecule has 0 N–H and O–H groups in total. The molecule has 0 unspecified atom stereocenters. The Balaban J connectivity index is 2.39. The Kier molecular flexibility index (Phi) is 3.18. The molecule has 1 aromatic carbocycles. The van der Waals surface area contributed by atoms with Crippen molar-refractivity contribution in [3.63, 3.8) is 0 Å². The van der Waals surface area contributed by atoms with E-state index in [0.29, 0.717) is 0 Å². The molecule has 1 heterocycles. The van der Waals surface area contributed by atoms with Crippen LogP contribution < -0.4 is 0 Å². The van der Waals surface area contributed by atoms with Crippen molar-refractivity contribution in [3.8, 4) is 5.69 Å². The summed E-state index contributed by atoms with van der Waals surface area (Å²) in [6.45, 7) is 0. The number of ether oxygens (including phenoxy) is 1. The fourth-order valence-electron chi connectivity index (χ4n) is 1.22. The molecule has 2 aromatic rings. The lowest BCUT2D eigenvalue weighted by molar-refractivity contribution is 0.0594. The second kappa shape index (κ2) is 4.60. The number of halogens is 1. The molecular weight excluding hydrogens is 321 g/mol. The molecule has 5 nitrogen and oxygen atoms in total. The predicted octanol–water partition coefficient (Wildman–Crippen LogP) is 1.66. The number of esters is 1. The van der Waals surface area contributed by atoms with E-state index < -0.39 is 5.97 Å². The molecule has 0 amide bonds. The standard InChI is InChI=1S/C10H8IN3O2/c1-16-10(15)8-6-14(13-12-8)9-5-3-2-4-7(9)11/h2-6H,1H3. The average Bonchev–Trinajstić information content (AvgIpc) is 2.78. The summed E-state index contributed by atoms with van der Waals surface area (Å²) < 4.78 is 7.14. The summed E-state index contributed by atoms with van der Waals surface area (Å²) in [5, 5.41) is 7.62. The molecular formula is C10H8IN3O2. The highest BCUT2D eigenvalue weighted by atomic mass is 127. The molecule has 0 spiro atoms. The summed E-state index contributed by atoms with van der Waals surface area (Å²) in [7, 11) is 1.31. The van der Waals surface area contributed by atoms with E-state index >= 15 is 0 Å². The van der Waals surface area contributed by atoms with E-state index in [9.17, 15) is 4.79 Å². The molecule has 0 radical (unpaired) electrons. The first kappa shape index (κ1) is 11.1. The van der Waals surface area contributed by atoms with Crippen molar-refractivity contribution in [3.05, 3.63) is 39.7 Å². The first-order valence-corrected chi connectivity index (χ1v) is 5.56. The summed E-state index contributed by atoms with van der Waals surface area (Å²) >= 11 is 2.20. The van der Waals surface area contributed by atoms with Crippen LogP contribution in [-0.2, 0) is 4.74 Å². The Bertz CT molecular complexity index is 524. The zero-order valence-electron chi connectivity index (χ0n) is 8.42. The average molecular weight is 329 g/mol. The van der Waals surface area contributed by atoms with Crippen LogP contribution in [0.25, 0.3) is 5.69 Å². The van der Waals surface area contributed by atoms with Crippen LogP contribution in [0, 0.1) is 3.57 Å². The third kappa shape index (κ3) is 2.06. The Morgan fingerprint density at radius 3 is 2.88 bits per heavy atom. The first-order valence-electron chi connectivity index (χ1n) is 4.48. The van der Waals surface area contributed by atoms with Crippen LogP contribution in [0.3, 0.4) is 0 Å². The highest BCUT2D eigenvalue weighted by molar-refractivity contribution is 14.1. The molecule has 6 heteroatoms. The molecule has 1 aromatic heterocycles. The van der Waals surface area contributed by atoms with Crippen LogP contribution in [0.4, 0.5) is 0 Å². The van der Waals surface area contributed by atoms with Gasteiger partial charge in [0.25, 0.3) is 0 Å². The molecule has 0 aliphatic rings. The summed E-state index contributed by atoms with van der Waals surface area (Å²) in [5.41, 5.74) is 1.08. The van der Waals surface area contributed by atoms with Gasteiger partial charge in [-0.25, -0.2) is 9.48 Å². The van der Waals surface area contributed by atoms with Crippen molar-refractivity contribution in [2.45, 2.75) is 0 Å². The smallest absolute Gasteiger partial charge is 0.360 e. The monoisotopic (exact) mass is 329 g/mol. The van der Waals surface area contributed by atoms with Crippen molar-refractivity contribution in [2.24, 2.45) is 0 Å². The van der Waals surface area contributed by atoms with Crippen molar-refractivity contribution in [1.29, 1.82) is 0 Å². The molecule has 0 atom stereocenters. The number of nitrogens with zero attached hydrogens (tertiary/aromatic N) is 3. The van der Waals surface area contributed by atoms with E-state index in [1.54, 1.807) is 10.9 Å². The minimum atomic E-state index is -0.489. The highest BCUT2D eigenvalue weighted by Gasteiger charge is 2.12. The topological polar surface area (TPSA) is 57.0 Å². The molecule has 0 aliphatic carbocycles. The van der Waals surface area contributed by atoms with Crippen LogP contribution in [0.5, 0.6) is 0 Å². The number of rotatable bonds is 2. The van der Waals surface area contributed by atoms with E-state index in [2.05, 4.69) is 37.6 Å². The van der Waals surface area contributed by atoms with Crippen LogP contribution in [0.15, 0.2) is 30.5 Å². The quantitative estimate of drug-likeness (QED) is 0.621. The SMILES string of the molecule is COC(=O)c1cn(-c2ccccc2I)nn1. The highest BCUT2D eigenvalue weighted by Crippen LogP contribution is 2.15. The van der Waals surface area contributed by atoms with Crippen molar-refractivity contribution in [2.75, 3.05) is 7.11 Å². The predicted molar refractivity (Wildman–Crippen MR) is 65.4 cm³/mol. The van der Waals surface area contributed by atoms with Gasteiger partial charge in [0, 0.05) is 3.57 Å². The molecule has 0 saturated heterocycles. The normalized spacial score (nSPS) is 10.1. The summed E-state index contributed by atoms with van der Waals surface area (Å²) in [4.78, 5) is 11.2. The third-order valence-corrected chi connectivity index (χ3v) is 2.90. The van der Waals surface area contributed by atoms with Gasteiger partial charge >= 0.3 is 5.97 Å². The lowest BCUT2D eigenvalue weighted by Crippen LogP contribution is -2.01. The maximum absolute atomic E-state index is 11.2. The molecule has 0 saturated carbocycles. The van der Waals surface area contributed by atoms with Gasteiger partial charge in [0.1, 0.15) is 0 Å². The van der Waals surface area contributed by atoms with Gasteiger partial charge < -0.3 is 4.74 Å². The summed E-state index contributed by atoms with van der Waals surface area (Å²) in [5.74, 6) is -0.489. The van der Waals surface area contributed by atoms with Gasteiger partial charge in [-0.1, -0.05) is 17.3 Å². The van der Waals surface area contributed by atoms with Crippen molar-refractivity contribution in [1.82, 2.24) is 15.0 Å². The fourth-order valence-corrected chi connectivity index (χ4v) is 1.85. The Morgan fingerprint density at radius 1 is 1.44 bits per heavy atom. The molecule has 2 rings (SSSR count). The lowest BCUT2D eigenvalue weighted by atomic mass is 10.3. The van der Waals surface area contributed by atoms with Crippen LogP contribution in [0.2, 0.25) is 0 Å². The second-order valence-electron chi connectivity index (χ2n) is 2.99. The molecule has 0 bridgehead atoms. The minimum absolute atomic E-state index is 0.196. The Labute approximate surface area is 106 Å². The molecule has 0 aliphatic heterocycles. The van der Waals surface area contributed by atoms with Crippen LogP contribution >= 0.6 is 22.6 Å². The minimum Gasteiger partial charge on any atom is -0.464 e. The van der Waals surface area contributed by atoms with E-state index in [1.165, 1.54) is 7.11 Å². The number of methoxy groups -OCH3 is 1.